The Morgan fingerprint density at radius 3 is 2.38 bits per heavy atom. The maximum atomic E-state index is 12.3. The molecule has 2 N–H and O–H groups in total. The van der Waals surface area contributed by atoms with Gasteiger partial charge in [0, 0.05) is 17.3 Å². The summed E-state index contributed by atoms with van der Waals surface area (Å²) in [5, 5.41) is 17.1. The zero-order valence-corrected chi connectivity index (χ0v) is 17.2. The maximum Gasteiger partial charge on any atom is 0.408 e. The Kier molecular flexibility index (Phi) is 5.66. The van der Waals surface area contributed by atoms with Gasteiger partial charge in [0.05, 0.1) is 4.92 Å². The summed E-state index contributed by atoms with van der Waals surface area (Å²) in [5.74, 6) is 0.0643. The van der Waals surface area contributed by atoms with Crippen molar-refractivity contribution < 1.29 is 14.5 Å². The third kappa shape index (κ3) is 4.95. The van der Waals surface area contributed by atoms with E-state index in [1.54, 1.807) is 12.1 Å². The van der Waals surface area contributed by atoms with Crippen LogP contribution in [-0.4, -0.2) is 21.5 Å². The molecule has 154 valence electrons. The normalized spacial score (nSPS) is 15.2. The van der Waals surface area contributed by atoms with Gasteiger partial charge in [0.2, 0.25) is 5.82 Å². The number of hydrogen-bond donors (Lipinski definition) is 2. The Balaban J connectivity index is 1.77. The lowest BCUT2D eigenvalue weighted by Gasteiger charge is -2.42. The largest absolute Gasteiger partial charge is 0.438 e. The Hall–Kier alpha value is -2.87. The van der Waals surface area contributed by atoms with Crippen LogP contribution in [-0.2, 0) is 10.3 Å². The van der Waals surface area contributed by atoms with Crippen LogP contribution in [0, 0.1) is 10.1 Å². The summed E-state index contributed by atoms with van der Waals surface area (Å²) in [6.45, 7) is 5.68. The number of pyridine rings is 1. The molecule has 3 rings (SSSR count). The smallest absolute Gasteiger partial charge is 0.408 e. The number of amides is 1. The predicted octanol–water partition coefficient (Wildman–Crippen LogP) is 5.29. The summed E-state index contributed by atoms with van der Waals surface area (Å²) < 4.78 is 5.77. The van der Waals surface area contributed by atoms with Gasteiger partial charge in [0.15, 0.2) is 0 Å². The van der Waals surface area contributed by atoms with Gasteiger partial charge in [-0.2, -0.15) is 0 Å². The molecule has 0 saturated heterocycles. The van der Waals surface area contributed by atoms with E-state index in [0.717, 1.165) is 24.8 Å². The number of carbonyl (C=O) groups is 1. The van der Waals surface area contributed by atoms with Gasteiger partial charge in [-0.15, -0.1) is 0 Å². The van der Waals surface area contributed by atoms with Gasteiger partial charge in [-0.25, -0.2) is 9.78 Å². The molecule has 0 bridgehead atoms. The summed E-state index contributed by atoms with van der Waals surface area (Å²) in [6.07, 6.45) is 2.02. The van der Waals surface area contributed by atoms with Crippen LogP contribution in [0.1, 0.15) is 45.6 Å². The van der Waals surface area contributed by atoms with Crippen molar-refractivity contribution in [2.45, 2.75) is 51.2 Å². The molecule has 1 aromatic heterocycles. The van der Waals surface area contributed by atoms with E-state index in [2.05, 4.69) is 15.6 Å². The van der Waals surface area contributed by atoms with Crippen molar-refractivity contribution in [1.82, 2.24) is 10.3 Å². The molecule has 0 spiro atoms. The van der Waals surface area contributed by atoms with E-state index < -0.39 is 16.6 Å². The molecule has 8 nitrogen and oxygen atoms in total. The number of carbonyl (C=O) groups excluding carboxylic acids is 1. The van der Waals surface area contributed by atoms with Crippen molar-refractivity contribution in [2.24, 2.45) is 0 Å². The molecule has 0 radical (unpaired) electrons. The second-order valence-electron chi connectivity index (χ2n) is 8.07. The molecular weight excluding hydrogens is 396 g/mol. The van der Waals surface area contributed by atoms with Crippen LogP contribution < -0.4 is 10.6 Å². The van der Waals surface area contributed by atoms with Crippen molar-refractivity contribution in [3.05, 3.63) is 57.2 Å². The molecule has 29 heavy (non-hydrogen) atoms. The average Bonchev–Trinajstić information content (AvgIpc) is 2.57. The highest BCUT2D eigenvalue weighted by molar-refractivity contribution is 6.29. The summed E-state index contributed by atoms with van der Waals surface area (Å²) >= 11 is 5.87. The van der Waals surface area contributed by atoms with Crippen LogP contribution in [0.15, 0.2) is 36.4 Å². The molecule has 0 atom stereocenters. The maximum absolute atomic E-state index is 12.3. The Bertz CT molecular complexity index is 921. The highest BCUT2D eigenvalue weighted by Crippen LogP contribution is 2.45. The van der Waals surface area contributed by atoms with Crippen LogP contribution in [0.4, 0.5) is 22.0 Å². The predicted molar refractivity (Wildman–Crippen MR) is 111 cm³/mol. The average molecular weight is 419 g/mol. The van der Waals surface area contributed by atoms with E-state index in [9.17, 15) is 14.9 Å². The standard InChI is InChI=1S/C20H23ClN4O4/c1-19(2,3)24-18(26)29-20(11-4-12-20)13-5-7-14(8-6-13)22-17-15(25(27)28)9-10-16(21)23-17/h5-10H,4,11-12H2,1-3H3,(H,22,23)(H,24,26). The van der Waals surface area contributed by atoms with Crippen LogP contribution >= 0.6 is 11.6 Å². The monoisotopic (exact) mass is 418 g/mol. The number of ether oxygens (including phenoxy) is 1. The first-order valence-electron chi connectivity index (χ1n) is 9.28. The van der Waals surface area contributed by atoms with Crippen LogP contribution in [0.2, 0.25) is 5.15 Å². The number of nitrogens with zero attached hydrogens (tertiary/aromatic N) is 2. The molecule has 1 aliphatic rings. The van der Waals surface area contributed by atoms with Crippen LogP contribution in [0.3, 0.4) is 0 Å². The lowest BCUT2D eigenvalue weighted by Crippen LogP contribution is -2.47. The van der Waals surface area contributed by atoms with Gasteiger partial charge in [0.1, 0.15) is 10.8 Å². The molecule has 1 heterocycles. The van der Waals surface area contributed by atoms with Gasteiger partial charge in [-0.1, -0.05) is 23.7 Å². The molecule has 1 aromatic carbocycles. The summed E-state index contributed by atoms with van der Waals surface area (Å²) in [6, 6.07) is 9.91. The Morgan fingerprint density at radius 2 is 1.86 bits per heavy atom. The number of aromatic nitrogens is 1. The fraction of sp³-hybridized carbons (Fsp3) is 0.400. The molecule has 1 saturated carbocycles. The minimum Gasteiger partial charge on any atom is -0.438 e. The number of benzene rings is 1. The van der Waals surface area contributed by atoms with E-state index in [-0.39, 0.29) is 22.2 Å². The van der Waals surface area contributed by atoms with E-state index in [1.165, 1.54) is 12.1 Å². The first kappa shape index (κ1) is 20.9. The van der Waals surface area contributed by atoms with Gasteiger partial charge < -0.3 is 15.4 Å². The minimum absolute atomic E-state index is 0.0643. The number of anilines is 2. The third-order valence-electron chi connectivity index (χ3n) is 4.64. The first-order valence-corrected chi connectivity index (χ1v) is 9.65. The fourth-order valence-corrected chi connectivity index (χ4v) is 3.27. The molecule has 0 unspecified atom stereocenters. The second-order valence-corrected chi connectivity index (χ2v) is 8.46. The number of hydrogen-bond acceptors (Lipinski definition) is 6. The SMILES string of the molecule is CC(C)(C)NC(=O)OC1(c2ccc(Nc3nc(Cl)ccc3[N+](=O)[O-])cc2)CCC1. The van der Waals surface area contributed by atoms with Crippen molar-refractivity contribution in [3.63, 3.8) is 0 Å². The number of nitro groups is 1. The molecule has 1 aliphatic carbocycles. The van der Waals surface area contributed by atoms with E-state index in [1.807, 2.05) is 32.9 Å². The van der Waals surface area contributed by atoms with Crippen molar-refractivity contribution >= 4 is 34.9 Å². The second kappa shape index (κ2) is 7.87. The minimum atomic E-state index is -0.645. The van der Waals surface area contributed by atoms with Gasteiger partial charge in [-0.3, -0.25) is 10.1 Å². The van der Waals surface area contributed by atoms with Crippen LogP contribution in [0.5, 0.6) is 0 Å². The third-order valence-corrected chi connectivity index (χ3v) is 4.85. The topological polar surface area (TPSA) is 106 Å². The van der Waals surface area contributed by atoms with E-state index >= 15 is 0 Å². The van der Waals surface area contributed by atoms with Crippen LogP contribution in [0.25, 0.3) is 0 Å². The van der Waals surface area contributed by atoms with Crippen molar-refractivity contribution in [3.8, 4) is 0 Å². The van der Waals surface area contributed by atoms with Gasteiger partial charge in [0.25, 0.3) is 0 Å². The van der Waals surface area contributed by atoms with E-state index in [4.69, 9.17) is 16.3 Å². The molecule has 9 heteroatoms. The zero-order chi connectivity index (χ0) is 21.2. The molecule has 0 aliphatic heterocycles. The van der Waals surface area contributed by atoms with Gasteiger partial charge >= 0.3 is 11.8 Å². The van der Waals surface area contributed by atoms with Gasteiger partial charge in [-0.05, 0) is 63.8 Å². The number of rotatable bonds is 5. The van der Waals surface area contributed by atoms with Crippen molar-refractivity contribution in [2.75, 3.05) is 5.32 Å². The van der Waals surface area contributed by atoms with Crippen molar-refractivity contribution in [1.29, 1.82) is 0 Å². The molecule has 2 aromatic rings. The Labute approximate surface area is 173 Å². The Morgan fingerprint density at radius 1 is 1.21 bits per heavy atom. The highest BCUT2D eigenvalue weighted by Gasteiger charge is 2.43. The molecular formula is C20H23ClN4O4. The summed E-state index contributed by atoms with van der Waals surface area (Å²) in [5.41, 5.74) is 0.297. The first-order chi connectivity index (χ1) is 13.6. The summed E-state index contributed by atoms with van der Waals surface area (Å²) in [7, 11) is 0. The quantitative estimate of drug-likeness (QED) is 0.388. The lowest BCUT2D eigenvalue weighted by atomic mass is 9.75. The molecule has 1 fully saturated rings. The summed E-state index contributed by atoms with van der Waals surface area (Å²) in [4.78, 5) is 26.9. The molecule has 1 amide bonds. The fourth-order valence-electron chi connectivity index (χ4n) is 3.12. The number of nitrogens with one attached hydrogen (secondary N) is 2. The zero-order valence-electron chi connectivity index (χ0n) is 16.5. The lowest BCUT2D eigenvalue weighted by molar-refractivity contribution is -0.384. The highest BCUT2D eigenvalue weighted by atomic mass is 35.5. The number of halogens is 1. The van der Waals surface area contributed by atoms with E-state index in [0.29, 0.717) is 5.69 Å². The number of alkyl carbamates (subject to hydrolysis) is 1.